The summed E-state index contributed by atoms with van der Waals surface area (Å²) in [5.74, 6) is 0.631. The van der Waals surface area contributed by atoms with Gasteiger partial charge in [-0.05, 0) is 43.5 Å². The van der Waals surface area contributed by atoms with E-state index in [1.165, 1.54) is 5.56 Å². The van der Waals surface area contributed by atoms with Gasteiger partial charge in [-0.2, -0.15) is 0 Å². The van der Waals surface area contributed by atoms with Gasteiger partial charge in [-0.25, -0.2) is 8.42 Å². The van der Waals surface area contributed by atoms with Crippen LogP contribution in [0.2, 0.25) is 0 Å². The molecule has 0 unspecified atom stereocenters. The zero-order valence-electron chi connectivity index (χ0n) is 17.7. The highest BCUT2D eigenvalue weighted by Crippen LogP contribution is 2.35. The van der Waals surface area contributed by atoms with Gasteiger partial charge >= 0.3 is 0 Å². The van der Waals surface area contributed by atoms with Crippen LogP contribution in [0.3, 0.4) is 0 Å². The fourth-order valence-corrected chi connectivity index (χ4v) is 4.60. The molecule has 3 rings (SSSR count). The molecule has 1 amide bonds. The van der Waals surface area contributed by atoms with E-state index in [2.05, 4.69) is 12.2 Å². The van der Waals surface area contributed by atoms with Crippen LogP contribution in [0.25, 0.3) is 0 Å². The lowest BCUT2D eigenvalue weighted by molar-refractivity contribution is -0.122. The highest BCUT2D eigenvalue weighted by molar-refractivity contribution is 7.92. The summed E-state index contributed by atoms with van der Waals surface area (Å²) in [4.78, 5) is 12.9. The van der Waals surface area contributed by atoms with E-state index in [1.807, 2.05) is 31.2 Å². The lowest BCUT2D eigenvalue weighted by Gasteiger charge is -2.30. The molecule has 30 heavy (non-hydrogen) atoms. The second-order valence-corrected chi connectivity index (χ2v) is 9.25. The molecule has 1 N–H and O–H groups in total. The molecule has 0 fully saturated rings. The van der Waals surface area contributed by atoms with Gasteiger partial charge in [0.15, 0.2) is 11.5 Å². The fraction of sp³-hybridized carbons (Fsp3) is 0.409. The summed E-state index contributed by atoms with van der Waals surface area (Å²) in [6.07, 6.45) is 2.03. The summed E-state index contributed by atoms with van der Waals surface area (Å²) >= 11 is 0. The van der Waals surface area contributed by atoms with Gasteiger partial charge in [0, 0.05) is 6.07 Å². The van der Waals surface area contributed by atoms with E-state index in [4.69, 9.17) is 9.47 Å². The van der Waals surface area contributed by atoms with Crippen LogP contribution in [0.5, 0.6) is 11.5 Å². The van der Waals surface area contributed by atoms with Gasteiger partial charge in [-0.15, -0.1) is 0 Å². The molecule has 2 atom stereocenters. The normalized spacial score (nSPS) is 15.2. The second-order valence-electron chi connectivity index (χ2n) is 7.39. The Hall–Kier alpha value is -2.74. The molecular formula is C22H28N2O5S. The minimum Gasteiger partial charge on any atom is -0.486 e. The van der Waals surface area contributed by atoms with E-state index >= 15 is 0 Å². The Morgan fingerprint density at radius 3 is 2.30 bits per heavy atom. The van der Waals surface area contributed by atoms with Crippen molar-refractivity contribution in [3.05, 3.63) is 53.6 Å². The van der Waals surface area contributed by atoms with Crippen LogP contribution in [0, 0.1) is 0 Å². The molecule has 0 spiro atoms. The number of nitrogens with zero attached hydrogens (tertiary/aromatic N) is 1. The van der Waals surface area contributed by atoms with Crippen LogP contribution in [0.15, 0.2) is 42.5 Å². The molecule has 2 aromatic carbocycles. The summed E-state index contributed by atoms with van der Waals surface area (Å²) in [7, 11) is -3.72. The molecule has 0 aliphatic carbocycles. The van der Waals surface area contributed by atoms with Crippen molar-refractivity contribution < 1.29 is 22.7 Å². The summed E-state index contributed by atoms with van der Waals surface area (Å²) in [5, 5.41) is 2.92. The molecule has 0 radical (unpaired) electrons. The van der Waals surface area contributed by atoms with Gasteiger partial charge < -0.3 is 14.8 Å². The van der Waals surface area contributed by atoms with Crippen molar-refractivity contribution in [1.82, 2.24) is 5.32 Å². The number of benzene rings is 2. The van der Waals surface area contributed by atoms with Crippen molar-refractivity contribution in [1.29, 1.82) is 0 Å². The quantitative estimate of drug-likeness (QED) is 0.727. The minimum atomic E-state index is -3.72. The Morgan fingerprint density at radius 1 is 1.07 bits per heavy atom. The van der Waals surface area contributed by atoms with Crippen molar-refractivity contribution in [2.24, 2.45) is 0 Å². The lowest BCUT2D eigenvalue weighted by atomic mass is 10.0. The van der Waals surface area contributed by atoms with Crippen LogP contribution in [0.4, 0.5) is 5.69 Å². The first-order chi connectivity index (χ1) is 14.2. The SMILES string of the molecule is CCc1ccc([C@H](C)NC(=O)[C@H](C)N(c2ccc3c(c2)OCCO3)S(C)(=O)=O)cc1. The average molecular weight is 433 g/mol. The number of hydrogen-bond acceptors (Lipinski definition) is 5. The molecule has 8 heteroatoms. The maximum absolute atomic E-state index is 12.9. The fourth-order valence-electron chi connectivity index (χ4n) is 3.44. The Kier molecular flexibility index (Phi) is 6.55. The van der Waals surface area contributed by atoms with Gasteiger partial charge in [0.05, 0.1) is 18.0 Å². The van der Waals surface area contributed by atoms with E-state index in [0.29, 0.717) is 30.4 Å². The zero-order chi connectivity index (χ0) is 21.9. The Morgan fingerprint density at radius 2 is 1.70 bits per heavy atom. The van der Waals surface area contributed by atoms with Gasteiger partial charge in [0.25, 0.3) is 0 Å². The first-order valence-electron chi connectivity index (χ1n) is 9.99. The van der Waals surface area contributed by atoms with Crippen LogP contribution in [0.1, 0.15) is 37.9 Å². The summed E-state index contributed by atoms with van der Waals surface area (Å²) in [5.41, 5.74) is 2.52. The molecule has 0 aromatic heterocycles. The first-order valence-corrected chi connectivity index (χ1v) is 11.8. The number of aryl methyl sites for hydroxylation is 1. The van der Waals surface area contributed by atoms with Crippen molar-refractivity contribution in [2.45, 2.75) is 39.3 Å². The molecule has 162 valence electrons. The monoisotopic (exact) mass is 432 g/mol. The third-order valence-corrected chi connectivity index (χ3v) is 6.36. The van der Waals surface area contributed by atoms with Crippen LogP contribution in [-0.2, 0) is 21.2 Å². The predicted molar refractivity (Wildman–Crippen MR) is 117 cm³/mol. The Balaban J connectivity index is 1.81. The Bertz CT molecular complexity index is 1000. The van der Waals surface area contributed by atoms with Crippen LogP contribution >= 0.6 is 0 Å². The molecule has 2 aromatic rings. The summed E-state index contributed by atoms with van der Waals surface area (Å²) in [6, 6.07) is 11.7. The maximum atomic E-state index is 12.9. The van der Waals surface area contributed by atoms with E-state index in [0.717, 1.165) is 22.5 Å². The number of carbonyl (C=O) groups excluding carboxylic acids is 1. The number of rotatable bonds is 7. The lowest BCUT2D eigenvalue weighted by Crippen LogP contribution is -2.48. The highest BCUT2D eigenvalue weighted by atomic mass is 32.2. The number of fused-ring (bicyclic) bond motifs is 1. The molecule has 0 saturated heterocycles. The number of carbonyl (C=O) groups is 1. The topological polar surface area (TPSA) is 84.9 Å². The third-order valence-electron chi connectivity index (χ3n) is 5.12. The number of anilines is 1. The number of hydrogen-bond donors (Lipinski definition) is 1. The number of nitrogens with one attached hydrogen (secondary N) is 1. The van der Waals surface area contributed by atoms with E-state index in [1.54, 1.807) is 25.1 Å². The molecule has 1 heterocycles. The smallest absolute Gasteiger partial charge is 0.244 e. The predicted octanol–water partition coefficient (Wildman–Crippen LogP) is 3.05. The number of sulfonamides is 1. The van der Waals surface area contributed by atoms with Gasteiger partial charge in [0.1, 0.15) is 19.3 Å². The van der Waals surface area contributed by atoms with Crippen molar-refractivity contribution in [3.63, 3.8) is 0 Å². The third kappa shape index (κ3) is 4.87. The number of ether oxygens (including phenoxy) is 2. The van der Waals surface area contributed by atoms with Crippen LogP contribution in [-0.4, -0.2) is 39.8 Å². The largest absolute Gasteiger partial charge is 0.486 e. The zero-order valence-corrected chi connectivity index (χ0v) is 18.5. The molecule has 7 nitrogen and oxygen atoms in total. The van der Waals surface area contributed by atoms with Crippen molar-refractivity contribution in [3.8, 4) is 11.5 Å². The maximum Gasteiger partial charge on any atom is 0.244 e. The average Bonchev–Trinajstić information content (AvgIpc) is 2.72. The van der Waals surface area contributed by atoms with Gasteiger partial charge in [-0.1, -0.05) is 31.2 Å². The number of amides is 1. The standard InChI is InChI=1S/C22H28N2O5S/c1-5-17-6-8-18(9-7-17)15(2)23-22(25)16(3)24(30(4,26)27)19-10-11-20-21(14-19)29-13-12-28-20/h6-11,14-16H,5,12-13H2,1-4H3,(H,23,25)/t15-,16-/m0/s1. The van der Waals surface area contributed by atoms with Crippen LogP contribution < -0.4 is 19.1 Å². The van der Waals surface area contributed by atoms with Crippen molar-refractivity contribution >= 4 is 21.6 Å². The molecule has 0 saturated carbocycles. The Labute approximate surface area is 178 Å². The van der Waals surface area contributed by atoms with Gasteiger partial charge in [0.2, 0.25) is 15.9 Å². The molecule has 1 aliphatic rings. The highest BCUT2D eigenvalue weighted by Gasteiger charge is 2.31. The molecule has 1 aliphatic heterocycles. The summed E-state index contributed by atoms with van der Waals surface area (Å²) in [6.45, 7) is 6.36. The van der Waals surface area contributed by atoms with Crippen molar-refractivity contribution in [2.75, 3.05) is 23.8 Å². The molecule has 0 bridgehead atoms. The van der Waals surface area contributed by atoms with Gasteiger partial charge in [-0.3, -0.25) is 9.10 Å². The minimum absolute atomic E-state index is 0.257. The summed E-state index contributed by atoms with van der Waals surface area (Å²) < 4.78 is 37.3. The molecular weight excluding hydrogens is 404 g/mol. The second kappa shape index (κ2) is 8.95. The van der Waals surface area contributed by atoms with E-state index in [9.17, 15) is 13.2 Å². The first kappa shape index (κ1) is 22.0. The van der Waals surface area contributed by atoms with E-state index < -0.39 is 16.1 Å². The van der Waals surface area contributed by atoms with E-state index in [-0.39, 0.29) is 11.9 Å².